The molecule has 0 spiro atoms. The third-order valence-corrected chi connectivity index (χ3v) is 21.4. The van der Waals surface area contributed by atoms with Crippen LogP contribution in [0.5, 0.6) is 0 Å². The maximum Gasteiger partial charge on any atom is 0.0713 e. The first-order valence-corrected chi connectivity index (χ1v) is 34.7. The molecule has 468 valence electrons. The highest BCUT2D eigenvalue weighted by Gasteiger charge is 2.47. The molecule has 0 unspecified atom stereocenters. The van der Waals surface area contributed by atoms with Crippen LogP contribution in [0.4, 0.5) is 17.1 Å². The van der Waals surface area contributed by atoms with E-state index in [1.54, 1.807) is 0 Å². The van der Waals surface area contributed by atoms with E-state index in [1.165, 1.54) is 128 Å². The lowest BCUT2D eigenvalue weighted by atomic mass is 9.67. The summed E-state index contributed by atoms with van der Waals surface area (Å²) in [5.74, 6) is 0. The molecule has 0 N–H and O–H groups in total. The summed E-state index contributed by atoms with van der Waals surface area (Å²) in [6.45, 7) is 0. The SMILES string of the molecule is c1ccc(-c2ccc(N(c3ccccc3)c3ccc(-c4ccc(-c5ccc(-n6c7ccc(-c8ccc9c(c8)C(c8ccccc8)(c8ccccc8)c8ccccc8-9)cc7c7cc(-c8ccc9c(c8)C(c8ccccc8)(c8ccccc8)c8ccccc8-9)ccc76)cc5)cc4)cc3)cc2)cc1. The molecule has 0 atom stereocenters. The van der Waals surface area contributed by atoms with Gasteiger partial charge in [0.2, 0.25) is 0 Å². The van der Waals surface area contributed by atoms with Gasteiger partial charge in [0.1, 0.15) is 0 Å². The Morgan fingerprint density at radius 3 is 0.850 bits per heavy atom. The van der Waals surface area contributed by atoms with Gasteiger partial charge in [0.05, 0.1) is 21.9 Å². The zero-order chi connectivity index (χ0) is 66.1. The second kappa shape index (κ2) is 24.0. The number of fused-ring (bicyclic) bond motifs is 9. The van der Waals surface area contributed by atoms with Crippen LogP contribution in [-0.4, -0.2) is 4.57 Å². The van der Waals surface area contributed by atoms with E-state index in [0.717, 1.165) is 39.3 Å². The molecule has 0 saturated carbocycles. The molecule has 0 saturated heterocycles. The summed E-state index contributed by atoms with van der Waals surface area (Å²) in [6.07, 6.45) is 0. The smallest absolute Gasteiger partial charge is 0.0713 e. The molecule has 0 radical (unpaired) electrons. The van der Waals surface area contributed by atoms with Crippen molar-refractivity contribution in [3.63, 3.8) is 0 Å². The van der Waals surface area contributed by atoms with Gasteiger partial charge in [0, 0.05) is 33.5 Å². The van der Waals surface area contributed by atoms with Crippen LogP contribution in [-0.2, 0) is 10.8 Å². The van der Waals surface area contributed by atoms with Crippen LogP contribution >= 0.6 is 0 Å². The first kappa shape index (κ1) is 58.5. The summed E-state index contributed by atoms with van der Waals surface area (Å²) in [4.78, 5) is 2.33. The van der Waals surface area contributed by atoms with Crippen LogP contribution in [0.2, 0.25) is 0 Å². The number of anilines is 3. The van der Waals surface area contributed by atoms with E-state index in [9.17, 15) is 0 Å². The van der Waals surface area contributed by atoms with Gasteiger partial charge >= 0.3 is 0 Å². The van der Waals surface area contributed by atoms with Crippen molar-refractivity contribution in [1.82, 2.24) is 4.57 Å². The van der Waals surface area contributed by atoms with Crippen molar-refractivity contribution in [1.29, 1.82) is 0 Å². The molecule has 1 aromatic heterocycles. The van der Waals surface area contributed by atoms with Crippen molar-refractivity contribution in [3.8, 4) is 83.6 Å². The van der Waals surface area contributed by atoms with Gasteiger partial charge in [0.25, 0.3) is 0 Å². The van der Waals surface area contributed by atoms with Gasteiger partial charge in [-0.15, -0.1) is 0 Å². The van der Waals surface area contributed by atoms with Gasteiger partial charge in [-0.25, -0.2) is 0 Å². The standard InChI is InChI=1S/C98H66N2/c1-7-23-67(24-8-1)70-43-53-82(54-44-70)99(81-33-17-6-18-34-81)83-55-45-71(46-56-83)68-39-41-69(42-40-68)72-47-57-84(58-48-72)100-95-61-51-73(75-49-59-87-85-35-19-21-37-91(85)97(93(87)65-75,77-25-9-2-10-26-77)78-27-11-3-12-28-78)63-89(95)90-64-74(52-62-96(90)100)76-50-60-88-86-36-20-22-38-92(86)98(94(88)66-76,79-29-13-4-14-30-79)80-31-15-5-16-32-80/h1-66H. The largest absolute Gasteiger partial charge is 0.311 e. The van der Waals surface area contributed by atoms with Crippen LogP contribution in [0.25, 0.3) is 105 Å². The Morgan fingerprint density at radius 2 is 0.460 bits per heavy atom. The van der Waals surface area contributed by atoms with E-state index in [4.69, 9.17) is 0 Å². The fourth-order valence-electron chi connectivity index (χ4n) is 16.8. The van der Waals surface area contributed by atoms with E-state index < -0.39 is 10.8 Å². The molecule has 2 heteroatoms. The fraction of sp³-hybridized carbons (Fsp3) is 0.0204. The van der Waals surface area contributed by atoms with E-state index >= 15 is 0 Å². The van der Waals surface area contributed by atoms with E-state index in [1.807, 2.05) is 0 Å². The minimum absolute atomic E-state index is 0.514. The van der Waals surface area contributed by atoms with E-state index in [0.29, 0.717) is 0 Å². The van der Waals surface area contributed by atoms with Crippen molar-refractivity contribution in [2.75, 3.05) is 4.90 Å². The molecular formula is C98H66N2. The summed E-state index contributed by atoms with van der Waals surface area (Å²) in [5.41, 5.74) is 32.8. The lowest BCUT2D eigenvalue weighted by Gasteiger charge is -2.34. The summed E-state index contributed by atoms with van der Waals surface area (Å²) >= 11 is 0. The highest BCUT2D eigenvalue weighted by molar-refractivity contribution is 6.12. The minimum atomic E-state index is -0.514. The number of hydrogen-bond acceptors (Lipinski definition) is 1. The monoisotopic (exact) mass is 1270 g/mol. The lowest BCUT2D eigenvalue weighted by molar-refractivity contribution is 0.769. The van der Waals surface area contributed by atoms with Crippen molar-refractivity contribution in [3.05, 3.63) is 445 Å². The lowest BCUT2D eigenvalue weighted by Crippen LogP contribution is -2.28. The molecule has 2 aliphatic carbocycles. The van der Waals surface area contributed by atoms with Crippen LogP contribution in [0.3, 0.4) is 0 Å². The van der Waals surface area contributed by atoms with Crippen LogP contribution in [0, 0.1) is 0 Å². The maximum atomic E-state index is 2.49. The number of benzene rings is 16. The zero-order valence-electron chi connectivity index (χ0n) is 55.0. The Balaban J connectivity index is 0.708. The molecule has 2 aliphatic rings. The second-order valence-electron chi connectivity index (χ2n) is 26.6. The van der Waals surface area contributed by atoms with Crippen LogP contribution in [0.1, 0.15) is 44.5 Å². The minimum Gasteiger partial charge on any atom is -0.311 e. The summed E-state index contributed by atoms with van der Waals surface area (Å²) < 4.78 is 2.47. The molecule has 17 aromatic rings. The Labute approximate surface area is 583 Å². The van der Waals surface area contributed by atoms with Crippen LogP contribution in [0.15, 0.2) is 400 Å². The Kier molecular flexibility index (Phi) is 14.1. The quantitative estimate of drug-likeness (QED) is 0.112. The van der Waals surface area contributed by atoms with Crippen LogP contribution < -0.4 is 4.90 Å². The molecule has 0 bridgehead atoms. The Hall–Kier alpha value is -12.9. The predicted octanol–water partition coefficient (Wildman–Crippen LogP) is 25.3. The Morgan fingerprint density at radius 1 is 0.190 bits per heavy atom. The third-order valence-electron chi connectivity index (χ3n) is 21.4. The number of nitrogens with zero attached hydrogens (tertiary/aromatic N) is 2. The highest BCUT2D eigenvalue weighted by atomic mass is 15.1. The van der Waals surface area contributed by atoms with Gasteiger partial charge < -0.3 is 9.47 Å². The molecular weight excluding hydrogens is 1210 g/mol. The molecule has 2 nitrogen and oxygen atoms in total. The van der Waals surface area contributed by atoms with Gasteiger partial charge in [0.15, 0.2) is 0 Å². The number of hydrogen-bond donors (Lipinski definition) is 0. The van der Waals surface area contributed by atoms with E-state index in [-0.39, 0.29) is 0 Å². The number of para-hydroxylation sites is 1. The van der Waals surface area contributed by atoms with Crippen molar-refractivity contribution >= 4 is 38.9 Å². The molecule has 19 rings (SSSR count). The van der Waals surface area contributed by atoms with Gasteiger partial charge in [-0.2, -0.15) is 0 Å². The fourth-order valence-corrected chi connectivity index (χ4v) is 16.8. The molecule has 16 aromatic carbocycles. The highest BCUT2D eigenvalue weighted by Crippen LogP contribution is 2.59. The van der Waals surface area contributed by atoms with Gasteiger partial charge in [-0.05, 0) is 207 Å². The summed E-state index contributed by atoms with van der Waals surface area (Å²) in [7, 11) is 0. The Bertz CT molecular complexity index is 5570. The topological polar surface area (TPSA) is 8.17 Å². The normalized spacial score (nSPS) is 13.0. The molecule has 0 aliphatic heterocycles. The van der Waals surface area contributed by atoms with Crippen molar-refractivity contribution in [2.24, 2.45) is 0 Å². The molecule has 0 amide bonds. The molecule has 1 heterocycles. The summed E-state index contributed by atoms with van der Waals surface area (Å²) in [6, 6.07) is 148. The molecule has 100 heavy (non-hydrogen) atoms. The van der Waals surface area contributed by atoms with Gasteiger partial charge in [-0.1, -0.05) is 315 Å². The van der Waals surface area contributed by atoms with Gasteiger partial charge in [-0.3, -0.25) is 0 Å². The first-order chi connectivity index (χ1) is 49.6. The van der Waals surface area contributed by atoms with E-state index in [2.05, 4.69) is 410 Å². The third kappa shape index (κ3) is 9.40. The first-order valence-electron chi connectivity index (χ1n) is 34.7. The van der Waals surface area contributed by atoms with Crippen molar-refractivity contribution < 1.29 is 0 Å². The van der Waals surface area contributed by atoms with Crippen molar-refractivity contribution in [2.45, 2.75) is 10.8 Å². The number of aromatic nitrogens is 1. The average molecular weight is 1270 g/mol. The predicted molar refractivity (Wildman–Crippen MR) is 417 cm³/mol. The number of rotatable bonds is 13. The zero-order valence-corrected chi connectivity index (χ0v) is 55.0. The molecule has 0 fully saturated rings. The summed E-state index contributed by atoms with van der Waals surface area (Å²) in [5, 5.41) is 2.40. The average Bonchev–Trinajstić information content (AvgIpc) is 1.54. The maximum absolute atomic E-state index is 2.49. The second-order valence-corrected chi connectivity index (χ2v) is 26.6.